The first kappa shape index (κ1) is 17.2. The maximum atomic E-state index is 12.4. The Morgan fingerprint density at radius 1 is 1.17 bits per heavy atom. The predicted molar refractivity (Wildman–Crippen MR) is 92.5 cm³/mol. The van der Waals surface area contributed by atoms with Gasteiger partial charge in [-0.15, -0.1) is 0 Å². The lowest BCUT2D eigenvalue weighted by molar-refractivity contribution is -0.122. The maximum Gasteiger partial charge on any atom is 0.265 e. The number of halogens is 1. The third-order valence-electron chi connectivity index (χ3n) is 3.43. The number of ether oxygens (including phenoxy) is 2. The average molecular weight is 334 g/mol. The topological polar surface area (TPSA) is 47.6 Å². The third-order valence-corrected chi connectivity index (χ3v) is 3.85. The van der Waals surface area contributed by atoms with Gasteiger partial charge in [-0.2, -0.15) is 0 Å². The summed E-state index contributed by atoms with van der Waals surface area (Å²) < 4.78 is 10.9. The molecule has 5 heteroatoms. The lowest BCUT2D eigenvalue weighted by atomic mass is 10.2. The molecule has 2 aromatic carbocycles. The van der Waals surface area contributed by atoms with E-state index in [-0.39, 0.29) is 5.91 Å². The first-order chi connectivity index (χ1) is 11.0. The molecule has 122 valence electrons. The SMILES string of the molecule is CC[C@H](Oc1ccc(Cl)c(C)c1)C(=O)Nc1ccc(OC)cc1. The molecule has 0 spiro atoms. The zero-order valence-electron chi connectivity index (χ0n) is 13.4. The minimum absolute atomic E-state index is 0.190. The molecule has 0 saturated heterocycles. The molecule has 1 N–H and O–H groups in total. The molecule has 23 heavy (non-hydrogen) atoms. The summed E-state index contributed by atoms with van der Waals surface area (Å²) in [5.41, 5.74) is 1.61. The van der Waals surface area contributed by atoms with Crippen molar-refractivity contribution in [1.82, 2.24) is 0 Å². The minimum Gasteiger partial charge on any atom is -0.497 e. The number of carbonyl (C=O) groups excluding carboxylic acids is 1. The molecule has 0 bridgehead atoms. The summed E-state index contributed by atoms with van der Waals surface area (Å²) in [6.45, 7) is 3.80. The molecule has 0 fully saturated rings. The number of anilines is 1. The Bertz CT molecular complexity index is 670. The predicted octanol–water partition coefficient (Wildman–Crippen LogP) is 4.45. The normalized spacial score (nSPS) is 11.7. The molecule has 1 amide bonds. The van der Waals surface area contributed by atoms with Crippen LogP contribution in [0.1, 0.15) is 18.9 Å². The molecule has 4 nitrogen and oxygen atoms in total. The van der Waals surface area contributed by atoms with Crippen molar-refractivity contribution < 1.29 is 14.3 Å². The number of methoxy groups -OCH3 is 1. The van der Waals surface area contributed by atoms with Gasteiger partial charge in [-0.3, -0.25) is 4.79 Å². The van der Waals surface area contributed by atoms with Gasteiger partial charge in [-0.25, -0.2) is 0 Å². The summed E-state index contributed by atoms with van der Waals surface area (Å²) in [4.78, 5) is 12.4. The van der Waals surface area contributed by atoms with Crippen molar-refractivity contribution in [3.05, 3.63) is 53.1 Å². The number of nitrogens with one attached hydrogen (secondary N) is 1. The lowest BCUT2D eigenvalue weighted by Gasteiger charge is -2.18. The van der Waals surface area contributed by atoms with Crippen LogP contribution < -0.4 is 14.8 Å². The molecular formula is C18H20ClNO3. The van der Waals surface area contributed by atoms with Crippen molar-refractivity contribution in [2.75, 3.05) is 12.4 Å². The fraction of sp³-hybridized carbons (Fsp3) is 0.278. The van der Waals surface area contributed by atoms with E-state index in [1.165, 1.54) is 0 Å². The van der Waals surface area contributed by atoms with Crippen LogP contribution in [-0.4, -0.2) is 19.1 Å². The highest BCUT2D eigenvalue weighted by Crippen LogP contribution is 2.23. The van der Waals surface area contributed by atoms with Crippen LogP contribution >= 0.6 is 11.6 Å². The van der Waals surface area contributed by atoms with Crippen molar-refractivity contribution in [2.24, 2.45) is 0 Å². The molecule has 0 aliphatic heterocycles. The molecule has 0 unspecified atom stereocenters. The summed E-state index contributed by atoms with van der Waals surface area (Å²) in [6, 6.07) is 12.5. The van der Waals surface area contributed by atoms with E-state index >= 15 is 0 Å². The number of aryl methyl sites for hydroxylation is 1. The van der Waals surface area contributed by atoms with E-state index in [0.29, 0.717) is 22.9 Å². The molecule has 0 aliphatic rings. The van der Waals surface area contributed by atoms with E-state index < -0.39 is 6.10 Å². The van der Waals surface area contributed by atoms with E-state index in [9.17, 15) is 4.79 Å². The summed E-state index contributed by atoms with van der Waals surface area (Å²) in [5, 5.41) is 3.52. The zero-order valence-corrected chi connectivity index (χ0v) is 14.2. The molecule has 0 saturated carbocycles. The van der Waals surface area contributed by atoms with Gasteiger partial charge >= 0.3 is 0 Å². The van der Waals surface area contributed by atoms with Crippen LogP contribution in [0.25, 0.3) is 0 Å². The Balaban J connectivity index is 2.03. The van der Waals surface area contributed by atoms with Gasteiger partial charge in [0, 0.05) is 10.7 Å². The lowest BCUT2D eigenvalue weighted by Crippen LogP contribution is -2.32. The van der Waals surface area contributed by atoms with Crippen LogP contribution in [0.15, 0.2) is 42.5 Å². The van der Waals surface area contributed by atoms with E-state index in [2.05, 4.69) is 5.32 Å². The standard InChI is InChI=1S/C18H20ClNO3/c1-4-17(23-15-9-10-16(19)12(2)11-15)18(21)20-13-5-7-14(22-3)8-6-13/h5-11,17H,4H2,1-3H3,(H,20,21)/t17-/m0/s1. The molecule has 0 radical (unpaired) electrons. The Morgan fingerprint density at radius 3 is 2.39 bits per heavy atom. The van der Waals surface area contributed by atoms with Crippen LogP contribution in [-0.2, 0) is 4.79 Å². The van der Waals surface area contributed by atoms with Crippen molar-refractivity contribution in [3.8, 4) is 11.5 Å². The Morgan fingerprint density at radius 2 is 1.83 bits per heavy atom. The molecule has 1 atom stereocenters. The summed E-state index contributed by atoms with van der Waals surface area (Å²) in [7, 11) is 1.60. The van der Waals surface area contributed by atoms with Gasteiger partial charge in [-0.05, 0) is 61.4 Å². The van der Waals surface area contributed by atoms with E-state index in [0.717, 1.165) is 11.3 Å². The molecule has 2 rings (SSSR count). The van der Waals surface area contributed by atoms with Crippen LogP contribution in [0, 0.1) is 6.92 Å². The van der Waals surface area contributed by atoms with Crippen molar-refractivity contribution >= 4 is 23.2 Å². The summed E-state index contributed by atoms with van der Waals surface area (Å²) >= 11 is 6.00. The fourth-order valence-corrected chi connectivity index (χ4v) is 2.19. The number of hydrogen-bond donors (Lipinski definition) is 1. The molecule has 0 heterocycles. The highest BCUT2D eigenvalue weighted by molar-refractivity contribution is 6.31. The monoisotopic (exact) mass is 333 g/mol. The van der Waals surface area contributed by atoms with Crippen LogP contribution in [0.5, 0.6) is 11.5 Å². The minimum atomic E-state index is -0.572. The van der Waals surface area contributed by atoms with E-state index in [4.69, 9.17) is 21.1 Å². The summed E-state index contributed by atoms with van der Waals surface area (Å²) in [5.74, 6) is 1.18. The Hall–Kier alpha value is -2.20. The quantitative estimate of drug-likeness (QED) is 0.849. The Labute approximate surface area is 141 Å². The molecule has 0 aromatic heterocycles. The van der Waals surface area contributed by atoms with Gasteiger partial charge in [0.2, 0.25) is 0 Å². The number of rotatable bonds is 6. The first-order valence-corrected chi connectivity index (χ1v) is 7.79. The molecular weight excluding hydrogens is 314 g/mol. The van der Waals surface area contributed by atoms with Crippen molar-refractivity contribution in [3.63, 3.8) is 0 Å². The molecule has 0 aliphatic carbocycles. The van der Waals surface area contributed by atoms with Crippen molar-refractivity contribution in [1.29, 1.82) is 0 Å². The van der Waals surface area contributed by atoms with Gasteiger partial charge in [-0.1, -0.05) is 18.5 Å². The van der Waals surface area contributed by atoms with Crippen LogP contribution in [0.3, 0.4) is 0 Å². The van der Waals surface area contributed by atoms with E-state index in [1.54, 1.807) is 43.5 Å². The smallest absolute Gasteiger partial charge is 0.265 e. The third kappa shape index (κ3) is 4.63. The Kier molecular flexibility index (Phi) is 5.88. The number of amides is 1. The maximum absolute atomic E-state index is 12.4. The second-order valence-electron chi connectivity index (χ2n) is 5.14. The summed E-state index contributed by atoms with van der Waals surface area (Å²) in [6.07, 6.45) is -0.0124. The largest absolute Gasteiger partial charge is 0.497 e. The van der Waals surface area contributed by atoms with Gasteiger partial charge in [0.05, 0.1) is 7.11 Å². The van der Waals surface area contributed by atoms with Gasteiger partial charge in [0.25, 0.3) is 5.91 Å². The zero-order chi connectivity index (χ0) is 16.8. The van der Waals surface area contributed by atoms with Crippen LogP contribution in [0.2, 0.25) is 5.02 Å². The average Bonchev–Trinajstić information content (AvgIpc) is 2.56. The van der Waals surface area contributed by atoms with E-state index in [1.807, 2.05) is 19.9 Å². The van der Waals surface area contributed by atoms with Gasteiger partial charge in [0.15, 0.2) is 6.10 Å². The number of hydrogen-bond acceptors (Lipinski definition) is 3. The second kappa shape index (κ2) is 7.88. The van der Waals surface area contributed by atoms with Crippen molar-refractivity contribution in [2.45, 2.75) is 26.4 Å². The van der Waals surface area contributed by atoms with Crippen LogP contribution in [0.4, 0.5) is 5.69 Å². The van der Waals surface area contributed by atoms with Gasteiger partial charge < -0.3 is 14.8 Å². The highest BCUT2D eigenvalue weighted by atomic mass is 35.5. The number of benzene rings is 2. The highest BCUT2D eigenvalue weighted by Gasteiger charge is 2.18. The number of carbonyl (C=O) groups is 1. The second-order valence-corrected chi connectivity index (χ2v) is 5.55. The first-order valence-electron chi connectivity index (χ1n) is 7.41. The fourth-order valence-electron chi connectivity index (χ4n) is 2.07. The molecule has 2 aromatic rings. The van der Waals surface area contributed by atoms with Gasteiger partial charge in [0.1, 0.15) is 11.5 Å².